The number of nitrogens with one attached hydrogen (secondary N) is 1. The quantitative estimate of drug-likeness (QED) is 0.873. The summed E-state index contributed by atoms with van der Waals surface area (Å²) < 4.78 is 11.3. The van der Waals surface area contributed by atoms with Crippen molar-refractivity contribution in [2.24, 2.45) is 5.41 Å². The van der Waals surface area contributed by atoms with E-state index < -0.39 is 0 Å². The first-order chi connectivity index (χ1) is 10.1. The average molecular weight is 289 g/mol. The molecule has 0 radical (unpaired) electrons. The third-order valence-corrected chi connectivity index (χ3v) is 5.10. The van der Waals surface area contributed by atoms with Crippen LogP contribution in [0.1, 0.15) is 38.3 Å². The molecular formula is C18H27NO2. The second-order valence-corrected chi connectivity index (χ2v) is 6.80. The SMILES string of the molecule is CCOC1CC(NCCc2ccc3c(c2)CCO3)C1(C)C. The monoisotopic (exact) mass is 289 g/mol. The predicted molar refractivity (Wildman–Crippen MR) is 84.9 cm³/mol. The molecule has 1 aliphatic carbocycles. The normalized spacial score (nSPS) is 26.0. The molecule has 1 aliphatic heterocycles. The molecule has 0 aromatic heterocycles. The van der Waals surface area contributed by atoms with Gasteiger partial charge >= 0.3 is 0 Å². The molecular weight excluding hydrogens is 262 g/mol. The van der Waals surface area contributed by atoms with Crippen LogP contribution in [0, 0.1) is 5.41 Å². The van der Waals surface area contributed by atoms with E-state index >= 15 is 0 Å². The van der Waals surface area contributed by atoms with Gasteiger partial charge in [0.15, 0.2) is 0 Å². The molecule has 116 valence electrons. The van der Waals surface area contributed by atoms with E-state index in [1.54, 1.807) is 0 Å². The van der Waals surface area contributed by atoms with Crippen LogP contribution in [-0.4, -0.2) is 31.9 Å². The minimum Gasteiger partial charge on any atom is -0.493 e. The second kappa shape index (κ2) is 5.98. The van der Waals surface area contributed by atoms with Crippen LogP contribution in [0.2, 0.25) is 0 Å². The Kier molecular flexibility index (Phi) is 4.23. The summed E-state index contributed by atoms with van der Waals surface area (Å²) in [6.07, 6.45) is 3.69. The van der Waals surface area contributed by atoms with E-state index in [1.807, 2.05) is 0 Å². The number of benzene rings is 1. The molecule has 3 heteroatoms. The Morgan fingerprint density at radius 3 is 3.00 bits per heavy atom. The molecule has 0 bridgehead atoms. The number of hydrogen-bond acceptors (Lipinski definition) is 3. The summed E-state index contributed by atoms with van der Waals surface area (Å²) >= 11 is 0. The number of hydrogen-bond donors (Lipinski definition) is 1. The van der Waals surface area contributed by atoms with Gasteiger partial charge in [0.25, 0.3) is 0 Å². The third-order valence-electron chi connectivity index (χ3n) is 5.10. The Morgan fingerprint density at radius 2 is 2.24 bits per heavy atom. The molecule has 0 amide bonds. The van der Waals surface area contributed by atoms with E-state index in [1.165, 1.54) is 11.1 Å². The molecule has 0 spiro atoms. The number of rotatable bonds is 6. The van der Waals surface area contributed by atoms with Crippen LogP contribution in [0.25, 0.3) is 0 Å². The molecule has 0 saturated heterocycles. The standard InChI is InChI=1S/C18H27NO2/c1-4-20-17-12-16(18(17,2)3)19-9-7-13-5-6-15-14(11-13)8-10-21-15/h5-6,11,16-17,19H,4,7-10,12H2,1-3H3. The van der Waals surface area contributed by atoms with Gasteiger partial charge in [-0.05, 0) is 43.5 Å². The van der Waals surface area contributed by atoms with Gasteiger partial charge in [-0.3, -0.25) is 0 Å². The molecule has 21 heavy (non-hydrogen) atoms. The molecule has 1 saturated carbocycles. The van der Waals surface area contributed by atoms with E-state index in [0.29, 0.717) is 12.1 Å². The fraction of sp³-hybridized carbons (Fsp3) is 0.667. The van der Waals surface area contributed by atoms with Crippen molar-refractivity contribution in [3.63, 3.8) is 0 Å². The first kappa shape index (κ1) is 14.9. The van der Waals surface area contributed by atoms with Crippen molar-refractivity contribution in [2.45, 2.75) is 52.2 Å². The van der Waals surface area contributed by atoms with E-state index in [2.05, 4.69) is 44.3 Å². The first-order valence-electron chi connectivity index (χ1n) is 8.21. The van der Waals surface area contributed by atoms with Crippen molar-refractivity contribution >= 4 is 0 Å². The lowest BCUT2D eigenvalue weighted by atomic mass is 9.64. The van der Waals surface area contributed by atoms with Gasteiger partial charge < -0.3 is 14.8 Å². The fourth-order valence-electron chi connectivity index (χ4n) is 3.50. The number of fused-ring (bicyclic) bond motifs is 1. The fourth-order valence-corrected chi connectivity index (χ4v) is 3.50. The van der Waals surface area contributed by atoms with Crippen molar-refractivity contribution < 1.29 is 9.47 Å². The zero-order chi connectivity index (χ0) is 14.9. The minimum atomic E-state index is 0.252. The smallest absolute Gasteiger partial charge is 0.122 e. The van der Waals surface area contributed by atoms with Crippen LogP contribution >= 0.6 is 0 Å². The van der Waals surface area contributed by atoms with Gasteiger partial charge in [-0.15, -0.1) is 0 Å². The van der Waals surface area contributed by atoms with Crippen molar-refractivity contribution in [1.29, 1.82) is 0 Å². The Morgan fingerprint density at radius 1 is 1.38 bits per heavy atom. The summed E-state index contributed by atoms with van der Waals surface area (Å²) in [5.74, 6) is 1.08. The first-order valence-corrected chi connectivity index (χ1v) is 8.21. The molecule has 1 N–H and O–H groups in total. The van der Waals surface area contributed by atoms with Crippen LogP contribution < -0.4 is 10.1 Å². The van der Waals surface area contributed by atoms with Crippen molar-refractivity contribution in [2.75, 3.05) is 19.8 Å². The molecule has 1 heterocycles. The van der Waals surface area contributed by atoms with E-state index in [-0.39, 0.29) is 5.41 Å². The molecule has 3 nitrogen and oxygen atoms in total. The maximum atomic E-state index is 5.78. The molecule has 1 fully saturated rings. The highest BCUT2D eigenvalue weighted by molar-refractivity contribution is 5.39. The van der Waals surface area contributed by atoms with E-state index in [9.17, 15) is 0 Å². The van der Waals surface area contributed by atoms with Crippen LogP contribution in [0.15, 0.2) is 18.2 Å². The highest BCUT2D eigenvalue weighted by Crippen LogP contribution is 2.42. The topological polar surface area (TPSA) is 30.5 Å². The van der Waals surface area contributed by atoms with Crippen molar-refractivity contribution in [3.05, 3.63) is 29.3 Å². The minimum absolute atomic E-state index is 0.252. The summed E-state index contributed by atoms with van der Waals surface area (Å²) in [6.45, 7) is 9.38. The average Bonchev–Trinajstić information content (AvgIpc) is 2.93. The molecule has 2 atom stereocenters. The maximum Gasteiger partial charge on any atom is 0.122 e. The van der Waals surface area contributed by atoms with Crippen molar-refractivity contribution in [1.82, 2.24) is 5.32 Å². The summed E-state index contributed by atoms with van der Waals surface area (Å²) in [4.78, 5) is 0. The van der Waals surface area contributed by atoms with Gasteiger partial charge in [-0.2, -0.15) is 0 Å². The van der Waals surface area contributed by atoms with Crippen LogP contribution in [-0.2, 0) is 17.6 Å². The lowest BCUT2D eigenvalue weighted by Gasteiger charge is -2.52. The summed E-state index contributed by atoms with van der Waals surface area (Å²) in [5.41, 5.74) is 3.03. The maximum absolute atomic E-state index is 5.78. The Bertz CT molecular complexity index is 498. The summed E-state index contributed by atoms with van der Waals surface area (Å²) in [5, 5.41) is 3.70. The second-order valence-electron chi connectivity index (χ2n) is 6.80. The Balaban J connectivity index is 1.47. The van der Waals surface area contributed by atoms with Crippen molar-refractivity contribution in [3.8, 4) is 5.75 Å². The van der Waals surface area contributed by atoms with E-state index in [0.717, 1.165) is 44.8 Å². The summed E-state index contributed by atoms with van der Waals surface area (Å²) in [7, 11) is 0. The number of ether oxygens (including phenoxy) is 2. The highest BCUT2D eigenvalue weighted by Gasteiger charge is 2.48. The lowest BCUT2D eigenvalue weighted by molar-refractivity contribution is -0.113. The van der Waals surface area contributed by atoms with Gasteiger partial charge in [0.05, 0.1) is 12.7 Å². The third kappa shape index (κ3) is 2.95. The van der Waals surface area contributed by atoms with Gasteiger partial charge in [-0.25, -0.2) is 0 Å². The van der Waals surface area contributed by atoms with E-state index in [4.69, 9.17) is 9.47 Å². The van der Waals surface area contributed by atoms with Crippen LogP contribution in [0.5, 0.6) is 5.75 Å². The molecule has 3 rings (SSSR count). The lowest BCUT2D eigenvalue weighted by Crippen LogP contribution is -2.61. The van der Waals surface area contributed by atoms with Gasteiger partial charge in [-0.1, -0.05) is 26.0 Å². The Hall–Kier alpha value is -1.06. The molecule has 1 aromatic rings. The zero-order valence-electron chi connectivity index (χ0n) is 13.4. The largest absolute Gasteiger partial charge is 0.493 e. The van der Waals surface area contributed by atoms with Gasteiger partial charge in [0, 0.05) is 24.5 Å². The predicted octanol–water partition coefficient (Wildman–Crippen LogP) is 2.96. The highest BCUT2D eigenvalue weighted by atomic mass is 16.5. The van der Waals surface area contributed by atoms with Crippen LogP contribution in [0.4, 0.5) is 0 Å². The Labute approximate surface area is 128 Å². The van der Waals surface area contributed by atoms with Gasteiger partial charge in [0.1, 0.15) is 5.75 Å². The van der Waals surface area contributed by atoms with Gasteiger partial charge in [0.2, 0.25) is 0 Å². The van der Waals surface area contributed by atoms with Crippen LogP contribution in [0.3, 0.4) is 0 Å². The summed E-state index contributed by atoms with van der Waals surface area (Å²) in [6, 6.07) is 7.20. The molecule has 2 aliphatic rings. The molecule has 2 unspecified atom stereocenters. The molecule has 1 aromatic carbocycles. The zero-order valence-corrected chi connectivity index (χ0v) is 13.4.